The number of hydrogen-bond donors (Lipinski definition) is 1. The van der Waals surface area contributed by atoms with E-state index in [-0.39, 0.29) is 35.3 Å². The number of nitrogens with one attached hydrogen (secondary N) is 1. The van der Waals surface area contributed by atoms with E-state index >= 15 is 0 Å². The van der Waals surface area contributed by atoms with E-state index in [4.69, 9.17) is 0 Å². The highest BCUT2D eigenvalue weighted by molar-refractivity contribution is 5.76. The maximum Gasteiger partial charge on any atom is 0.254 e. The first kappa shape index (κ1) is 15.4. The molecule has 1 aliphatic carbocycles. The van der Waals surface area contributed by atoms with Crippen molar-refractivity contribution in [1.82, 2.24) is 14.9 Å². The van der Waals surface area contributed by atoms with E-state index in [1.165, 1.54) is 23.0 Å². The van der Waals surface area contributed by atoms with Gasteiger partial charge in [-0.05, 0) is 25.0 Å². The average Bonchev–Trinajstić information content (AvgIpc) is 3.03. The lowest BCUT2D eigenvalue weighted by Gasteiger charge is -2.12. The molecule has 1 aliphatic rings. The van der Waals surface area contributed by atoms with Crippen LogP contribution in [0.1, 0.15) is 25.7 Å². The van der Waals surface area contributed by atoms with Crippen LogP contribution in [0.5, 0.6) is 0 Å². The second-order valence-corrected chi connectivity index (χ2v) is 5.77. The first-order valence-electron chi connectivity index (χ1n) is 7.74. The molecule has 120 valence electrons. The SMILES string of the molecule is O=C(Cn1cnc(-c2ccccc2F)cc1=O)NC1CCCC1. The van der Waals surface area contributed by atoms with Crippen molar-refractivity contribution >= 4 is 5.91 Å². The Morgan fingerprint density at radius 1 is 1.30 bits per heavy atom. The second-order valence-electron chi connectivity index (χ2n) is 5.77. The van der Waals surface area contributed by atoms with E-state index in [1.54, 1.807) is 18.2 Å². The van der Waals surface area contributed by atoms with E-state index in [0.29, 0.717) is 0 Å². The molecule has 2 aromatic rings. The Hall–Kier alpha value is -2.50. The summed E-state index contributed by atoms with van der Waals surface area (Å²) in [5.74, 6) is -0.629. The van der Waals surface area contributed by atoms with Crippen molar-refractivity contribution in [3.8, 4) is 11.3 Å². The Bertz CT molecular complexity index is 766. The Kier molecular flexibility index (Phi) is 4.50. The van der Waals surface area contributed by atoms with Crippen molar-refractivity contribution in [2.45, 2.75) is 38.3 Å². The Balaban J connectivity index is 1.73. The largest absolute Gasteiger partial charge is 0.352 e. The summed E-state index contributed by atoms with van der Waals surface area (Å²) in [6.45, 7) is -0.0696. The fraction of sp³-hybridized carbons (Fsp3) is 0.353. The molecular formula is C17H18FN3O2. The number of benzene rings is 1. The minimum atomic E-state index is -0.434. The van der Waals surface area contributed by atoms with Crippen molar-refractivity contribution in [1.29, 1.82) is 0 Å². The Labute approximate surface area is 133 Å². The molecule has 0 bridgehead atoms. The molecule has 1 N–H and O–H groups in total. The zero-order valence-corrected chi connectivity index (χ0v) is 12.7. The molecule has 1 amide bonds. The van der Waals surface area contributed by atoms with Crippen molar-refractivity contribution in [3.63, 3.8) is 0 Å². The van der Waals surface area contributed by atoms with E-state index in [9.17, 15) is 14.0 Å². The molecule has 1 heterocycles. The summed E-state index contributed by atoms with van der Waals surface area (Å²) in [7, 11) is 0. The lowest BCUT2D eigenvalue weighted by atomic mass is 10.1. The number of nitrogens with zero attached hydrogens (tertiary/aromatic N) is 2. The molecule has 0 spiro atoms. The minimum absolute atomic E-state index is 0.0696. The number of aromatic nitrogens is 2. The van der Waals surface area contributed by atoms with Gasteiger partial charge in [0.15, 0.2) is 0 Å². The van der Waals surface area contributed by atoms with Crippen LogP contribution in [0.15, 0.2) is 41.5 Å². The standard InChI is InChI=1S/C17H18FN3O2/c18-14-8-4-3-7-13(14)15-9-17(23)21(11-19-15)10-16(22)20-12-5-1-2-6-12/h3-4,7-9,11-12H,1-2,5-6,10H2,(H,20,22). The molecule has 0 atom stereocenters. The zero-order valence-electron chi connectivity index (χ0n) is 12.7. The van der Waals surface area contributed by atoms with E-state index in [1.807, 2.05) is 0 Å². The average molecular weight is 315 g/mol. The van der Waals surface area contributed by atoms with Gasteiger partial charge in [0.2, 0.25) is 5.91 Å². The summed E-state index contributed by atoms with van der Waals surface area (Å²) in [5, 5.41) is 2.92. The van der Waals surface area contributed by atoms with Crippen LogP contribution in [-0.4, -0.2) is 21.5 Å². The second kappa shape index (κ2) is 6.73. The summed E-state index contributed by atoms with van der Waals surface area (Å²) in [4.78, 5) is 28.2. The molecule has 6 heteroatoms. The Morgan fingerprint density at radius 2 is 2.04 bits per heavy atom. The smallest absolute Gasteiger partial charge is 0.254 e. The van der Waals surface area contributed by atoms with Crippen LogP contribution in [0.4, 0.5) is 4.39 Å². The van der Waals surface area contributed by atoms with Gasteiger partial charge in [-0.1, -0.05) is 25.0 Å². The lowest BCUT2D eigenvalue weighted by Crippen LogP contribution is -2.37. The fourth-order valence-electron chi connectivity index (χ4n) is 2.86. The minimum Gasteiger partial charge on any atom is -0.352 e. The molecule has 1 fully saturated rings. The van der Waals surface area contributed by atoms with Gasteiger partial charge in [-0.3, -0.25) is 14.2 Å². The highest BCUT2D eigenvalue weighted by Crippen LogP contribution is 2.19. The predicted molar refractivity (Wildman–Crippen MR) is 84.3 cm³/mol. The van der Waals surface area contributed by atoms with Crippen molar-refractivity contribution in [3.05, 3.63) is 52.8 Å². The zero-order chi connectivity index (χ0) is 16.2. The molecule has 1 aromatic carbocycles. The molecule has 0 aliphatic heterocycles. The molecule has 23 heavy (non-hydrogen) atoms. The van der Waals surface area contributed by atoms with Gasteiger partial charge >= 0.3 is 0 Å². The van der Waals surface area contributed by atoms with Crippen LogP contribution in [0.3, 0.4) is 0 Å². The van der Waals surface area contributed by atoms with Crippen LogP contribution in [0, 0.1) is 5.82 Å². The van der Waals surface area contributed by atoms with Gasteiger partial charge in [0.25, 0.3) is 5.56 Å². The number of carbonyl (C=O) groups is 1. The summed E-state index contributed by atoms with van der Waals surface area (Å²) in [6, 6.07) is 7.60. The summed E-state index contributed by atoms with van der Waals surface area (Å²) < 4.78 is 15.0. The van der Waals surface area contributed by atoms with Crippen molar-refractivity contribution < 1.29 is 9.18 Å². The molecule has 1 saturated carbocycles. The third-order valence-corrected chi connectivity index (χ3v) is 4.06. The number of amides is 1. The number of carbonyl (C=O) groups excluding carboxylic acids is 1. The monoisotopic (exact) mass is 315 g/mol. The molecule has 3 rings (SSSR count). The van der Waals surface area contributed by atoms with Gasteiger partial charge < -0.3 is 5.32 Å². The molecule has 0 radical (unpaired) electrons. The van der Waals surface area contributed by atoms with E-state index < -0.39 is 5.82 Å². The first-order chi connectivity index (χ1) is 11.1. The molecule has 1 aromatic heterocycles. The van der Waals surface area contributed by atoms with Gasteiger partial charge in [-0.2, -0.15) is 0 Å². The number of rotatable bonds is 4. The van der Waals surface area contributed by atoms with Crippen molar-refractivity contribution in [2.24, 2.45) is 0 Å². The summed E-state index contributed by atoms with van der Waals surface area (Å²) in [6.07, 6.45) is 5.53. The molecule has 5 nitrogen and oxygen atoms in total. The quantitative estimate of drug-likeness (QED) is 0.940. The van der Waals surface area contributed by atoms with Crippen LogP contribution < -0.4 is 10.9 Å². The van der Waals surface area contributed by atoms with Gasteiger partial charge in [0, 0.05) is 17.7 Å². The highest BCUT2D eigenvalue weighted by atomic mass is 19.1. The maximum absolute atomic E-state index is 13.7. The van der Waals surface area contributed by atoms with Crippen LogP contribution in [0.25, 0.3) is 11.3 Å². The van der Waals surface area contributed by atoms with E-state index in [0.717, 1.165) is 25.7 Å². The maximum atomic E-state index is 13.7. The van der Waals surface area contributed by atoms with Crippen LogP contribution in [-0.2, 0) is 11.3 Å². The van der Waals surface area contributed by atoms with Crippen molar-refractivity contribution in [2.75, 3.05) is 0 Å². The molecular weight excluding hydrogens is 297 g/mol. The lowest BCUT2D eigenvalue weighted by molar-refractivity contribution is -0.122. The third-order valence-electron chi connectivity index (χ3n) is 4.06. The summed E-state index contributed by atoms with van der Waals surface area (Å²) >= 11 is 0. The number of hydrogen-bond acceptors (Lipinski definition) is 3. The van der Waals surface area contributed by atoms with Gasteiger partial charge in [0.1, 0.15) is 12.4 Å². The predicted octanol–water partition coefficient (Wildman–Crippen LogP) is 2.11. The van der Waals surface area contributed by atoms with Crippen LogP contribution in [0.2, 0.25) is 0 Å². The highest BCUT2D eigenvalue weighted by Gasteiger charge is 2.17. The Morgan fingerprint density at radius 3 is 2.74 bits per heavy atom. The third kappa shape index (κ3) is 3.64. The topological polar surface area (TPSA) is 64.0 Å². The summed E-state index contributed by atoms with van der Waals surface area (Å²) in [5.41, 5.74) is 0.160. The molecule has 0 unspecified atom stereocenters. The fourth-order valence-corrected chi connectivity index (χ4v) is 2.86. The van der Waals surface area contributed by atoms with Gasteiger partial charge in [-0.25, -0.2) is 9.37 Å². The van der Waals surface area contributed by atoms with Gasteiger partial charge in [-0.15, -0.1) is 0 Å². The van der Waals surface area contributed by atoms with Gasteiger partial charge in [0.05, 0.1) is 12.0 Å². The van der Waals surface area contributed by atoms with Crippen LogP contribution >= 0.6 is 0 Å². The molecule has 0 saturated heterocycles. The normalized spacial score (nSPS) is 14.8. The first-order valence-corrected chi connectivity index (χ1v) is 7.74. The number of halogens is 1. The van der Waals surface area contributed by atoms with E-state index in [2.05, 4.69) is 10.3 Å².